The van der Waals surface area contributed by atoms with Crippen molar-refractivity contribution in [3.8, 4) is 0 Å². The number of nitrogens with zero attached hydrogens (tertiary/aromatic N) is 1. The number of carbonyl (C=O) groups is 4. The third-order valence-electron chi connectivity index (χ3n) is 11.2. The summed E-state index contributed by atoms with van der Waals surface area (Å²) in [6.45, 7) is 10.5. The van der Waals surface area contributed by atoms with Gasteiger partial charge in [0.15, 0.2) is 11.6 Å². The van der Waals surface area contributed by atoms with Gasteiger partial charge in [0.05, 0.1) is 12.2 Å². The molecular formula is C38H50N2O9. The van der Waals surface area contributed by atoms with Crippen molar-refractivity contribution in [3.63, 3.8) is 0 Å². The number of aliphatic hydroxyl groups is 3. The first-order valence-corrected chi connectivity index (χ1v) is 16.6. The Morgan fingerprint density at radius 3 is 2.29 bits per heavy atom. The minimum absolute atomic E-state index is 0.0000834. The van der Waals surface area contributed by atoms with Crippen molar-refractivity contribution in [2.24, 2.45) is 35.0 Å². The Morgan fingerprint density at radius 1 is 1.10 bits per heavy atom. The fourth-order valence-electron chi connectivity index (χ4n) is 8.54. The van der Waals surface area contributed by atoms with Gasteiger partial charge in [0.1, 0.15) is 11.2 Å². The van der Waals surface area contributed by atoms with Gasteiger partial charge in [0.2, 0.25) is 0 Å². The van der Waals surface area contributed by atoms with E-state index in [-0.39, 0.29) is 53.7 Å². The summed E-state index contributed by atoms with van der Waals surface area (Å²) in [5, 5.41) is 41.7. The zero-order valence-electron chi connectivity index (χ0n) is 29.6. The topological polar surface area (TPSA) is 174 Å². The largest absolute Gasteiger partial charge is 0.458 e. The van der Waals surface area contributed by atoms with Crippen LogP contribution in [0, 0.1) is 35.0 Å². The highest BCUT2D eigenvalue weighted by atomic mass is 16.6. The van der Waals surface area contributed by atoms with E-state index in [2.05, 4.69) is 0 Å². The molecule has 0 aromatic heterocycles. The summed E-state index contributed by atoms with van der Waals surface area (Å²) in [4.78, 5) is 49.6. The van der Waals surface area contributed by atoms with E-state index in [0.717, 1.165) is 5.69 Å². The Bertz CT molecular complexity index is 1610. The van der Waals surface area contributed by atoms with Gasteiger partial charge in [-0.3, -0.25) is 24.4 Å². The Balaban J connectivity index is 0.000000232. The lowest BCUT2D eigenvalue weighted by Gasteiger charge is -2.50. The number of ketones is 2. The molecule has 4 aliphatic rings. The van der Waals surface area contributed by atoms with Gasteiger partial charge in [0.25, 0.3) is 5.91 Å². The number of nitrogens with one attached hydrogen (secondary N) is 1. The minimum Gasteiger partial charge on any atom is -0.458 e. The molecule has 1 aromatic rings. The van der Waals surface area contributed by atoms with Crippen molar-refractivity contribution in [3.05, 3.63) is 77.4 Å². The summed E-state index contributed by atoms with van der Waals surface area (Å²) in [5.74, 6) is -3.32. The molecule has 0 spiro atoms. The van der Waals surface area contributed by atoms with Crippen LogP contribution in [0.3, 0.4) is 0 Å². The van der Waals surface area contributed by atoms with E-state index < -0.39 is 34.5 Å². The second kappa shape index (κ2) is 13.8. The fraction of sp³-hybridized carbons (Fsp3) is 0.526. The second-order valence-electron chi connectivity index (χ2n) is 14.8. The molecule has 5 N–H and O–H groups in total. The number of carbonyl (C=O) groups excluding carboxylic acids is 4. The minimum atomic E-state index is -1.75. The summed E-state index contributed by atoms with van der Waals surface area (Å²) in [5.41, 5.74) is -0.0184. The van der Waals surface area contributed by atoms with E-state index in [4.69, 9.17) is 9.94 Å². The van der Waals surface area contributed by atoms with Crippen LogP contribution in [0.1, 0.15) is 64.7 Å². The SMILES string of the molecule is CC(=O)O[C@@]12C[C@@H](C)[C@@]3(O)[C@@H](C=C(CO)C[C@]4(O)C(=O)C(C)=C[C@@H]34)[C@@H]1C2(C)C.C[C@H](/C=C/C=C/C(=O)NO)C(=O)c1ccc(N(C)C)cc1. The number of aliphatic hydroxyl groups excluding tert-OH is 1. The summed E-state index contributed by atoms with van der Waals surface area (Å²) in [6, 6.07) is 7.40. The van der Waals surface area contributed by atoms with Gasteiger partial charge in [-0.1, -0.05) is 58.1 Å². The molecule has 266 valence electrons. The number of fused-ring (bicyclic) bond motifs is 5. The Kier molecular flexibility index (Phi) is 10.7. The number of hydroxylamine groups is 1. The first kappa shape index (κ1) is 37.9. The Morgan fingerprint density at radius 2 is 1.73 bits per heavy atom. The molecule has 0 bridgehead atoms. The maximum Gasteiger partial charge on any atom is 0.303 e. The molecule has 8 atom stereocenters. The molecule has 2 fully saturated rings. The third kappa shape index (κ3) is 6.57. The molecule has 2 saturated carbocycles. The molecule has 1 aromatic carbocycles. The predicted molar refractivity (Wildman–Crippen MR) is 183 cm³/mol. The standard InChI is InChI=1S/C22H30O6.C16H20N2O3/c1-11-6-16-20(26,18(11)25)9-14(10-23)7-15-17-19(4,5)21(17,28-13(3)24)8-12(2)22(15,16)27;1-12(6-4-5-7-15(19)17-21)16(20)13-8-10-14(11-9-13)18(2)3/h6-7,12,15-17,23,26-27H,8-10H2,1-5H3;4-12,21H,1-3H3,(H,17,19)/b;6-4+,7-5+/t12-,15+,16-,17-,20-,21+,22-;12-/m11/s1. The van der Waals surface area contributed by atoms with Crippen LogP contribution in [-0.4, -0.2) is 81.5 Å². The highest BCUT2D eigenvalue weighted by molar-refractivity contribution is 6.05. The van der Waals surface area contributed by atoms with E-state index >= 15 is 0 Å². The molecule has 0 heterocycles. The van der Waals surface area contributed by atoms with Gasteiger partial charge >= 0.3 is 5.97 Å². The molecule has 0 radical (unpaired) electrons. The van der Waals surface area contributed by atoms with Crippen LogP contribution < -0.4 is 10.4 Å². The summed E-state index contributed by atoms with van der Waals surface area (Å²) in [6.07, 6.45) is 9.93. The zero-order chi connectivity index (χ0) is 36.7. The van der Waals surface area contributed by atoms with Crippen molar-refractivity contribution in [1.82, 2.24) is 5.48 Å². The number of rotatable bonds is 8. The molecule has 4 aliphatic carbocycles. The quantitative estimate of drug-likeness (QED) is 0.0519. The smallest absolute Gasteiger partial charge is 0.303 e. The molecule has 0 saturated heterocycles. The van der Waals surface area contributed by atoms with Crippen LogP contribution in [-0.2, 0) is 19.1 Å². The molecule has 1 amide bonds. The van der Waals surface area contributed by atoms with Gasteiger partial charge in [-0.15, -0.1) is 0 Å². The normalized spacial score (nSPS) is 33.1. The average molecular weight is 679 g/mol. The number of allylic oxidation sites excluding steroid dienone is 3. The molecule has 11 nitrogen and oxygen atoms in total. The predicted octanol–water partition coefficient (Wildman–Crippen LogP) is 3.72. The molecule has 49 heavy (non-hydrogen) atoms. The Labute approximate surface area is 288 Å². The van der Waals surface area contributed by atoms with Gasteiger partial charge in [-0.05, 0) is 54.7 Å². The number of amides is 1. The molecule has 0 unspecified atom stereocenters. The first-order valence-electron chi connectivity index (χ1n) is 16.6. The summed E-state index contributed by atoms with van der Waals surface area (Å²) < 4.78 is 5.83. The second-order valence-corrected chi connectivity index (χ2v) is 14.8. The van der Waals surface area contributed by atoms with Crippen LogP contribution in [0.2, 0.25) is 0 Å². The lowest BCUT2D eigenvalue weighted by Crippen LogP contribution is -2.61. The van der Waals surface area contributed by atoms with E-state index in [0.29, 0.717) is 23.1 Å². The number of hydrogen-bond donors (Lipinski definition) is 5. The number of esters is 1. The van der Waals surface area contributed by atoms with Gasteiger partial charge in [-0.25, -0.2) is 5.48 Å². The molecular weight excluding hydrogens is 628 g/mol. The maximum absolute atomic E-state index is 12.8. The highest BCUT2D eigenvalue weighted by Gasteiger charge is 2.83. The Hall–Kier alpha value is -3.90. The number of Topliss-reactive ketones (excluding diaryl/α,β-unsaturated/α-hetero) is 2. The van der Waals surface area contributed by atoms with Crippen LogP contribution in [0.4, 0.5) is 5.69 Å². The molecule has 5 rings (SSSR count). The first-order chi connectivity index (χ1) is 22.8. The summed E-state index contributed by atoms with van der Waals surface area (Å²) >= 11 is 0. The maximum atomic E-state index is 12.8. The van der Waals surface area contributed by atoms with Crippen LogP contribution >= 0.6 is 0 Å². The summed E-state index contributed by atoms with van der Waals surface area (Å²) in [7, 11) is 3.88. The van der Waals surface area contributed by atoms with E-state index in [1.54, 1.807) is 44.2 Å². The van der Waals surface area contributed by atoms with Crippen LogP contribution in [0.15, 0.2) is 71.9 Å². The van der Waals surface area contributed by atoms with E-state index in [1.165, 1.54) is 24.6 Å². The molecule has 11 heteroatoms. The average Bonchev–Trinajstić information content (AvgIpc) is 3.45. The number of benzene rings is 1. The zero-order valence-corrected chi connectivity index (χ0v) is 29.6. The number of hydrogen-bond acceptors (Lipinski definition) is 10. The van der Waals surface area contributed by atoms with Crippen molar-refractivity contribution < 1.29 is 44.4 Å². The van der Waals surface area contributed by atoms with Crippen molar-refractivity contribution in [2.75, 3.05) is 25.6 Å². The lowest BCUT2D eigenvalue weighted by atomic mass is 9.60. The van der Waals surface area contributed by atoms with Crippen molar-refractivity contribution in [2.45, 2.75) is 71.2 Å². The molecule has 0 aliphatic heterocycles. The van der Waals surface area contributed by atoms with Crippen LogP contribution in [0.25, 0.3) is 0 Å². The highest BCUT2D eigenvalue weighted by Crippen LogP contribution is 2.76. The van der Waals surface area contributed by atoms with Crippen LogP contribution in [0.5, 0.6) is 0 Å². The lowest BCUT2D eigenvalue weighted by molar-refractivity contribution is -0.186. The monoisotopic (exact) mass is 678 g/mol. The van der Waals surface area contributed by atoms with Crippen molar-refractivity contribution in [1.29, 1.82) is 0 Å². The van der Waals surface area contributed by atoms with Gasteiger partial charge < -0.3 is 25.0 Å². The van der Waals surface area contributed by atoms with E-state index in [9.17, 15) is 34.5 Å². The van der Waals surface area contributed by atoms with Gasteiger partial charge in [0, 0.05) is 73.9 Å². The number of ether oxygens (including phenoxy) is 1. The van der Waals surface area contributed by atoms with Gasteiger partial charge in [-0.2, -0.15) is 0 Å². The third-order valence-corrected chi connectivity index (χ3v) is 11.2. The fourth-order valence-corrected chi connectivity index (χ4v) is 8.54. The van der Waals surface area contributed by atoms with E-state index in [1.807, 2.05) is 58.0 Å². The van der Waals surface area contributed by atoms with Crippen molar-refractivity contribution >= 4 is 29.1 Å². The number of anilines is 1.